The van der Waals surface area contributed by atoms with Crippen LogP contribution in [0, 0.1) is 34.6 Å². The van der Waals surface area contributed by atoms with Crippen LogP contribution in [0.25, 0.3) is 0 Å². The average Bonchev–Trinajstić information content (AvgIpc) is 2.86. The van der Waals surface area contributed by atoms with Gasteiger partial charge in [0, 0.05) is 0 Å². The zero-order valence-corrected chi connectivity index (χ0v) is 14.2. The minimum absolute atomic E-state index is 0.377. The Morgan fingerprint density at radius 2 is 1.41 bits per heavy atom. The van der Waals surface area contributed by atoms with Crippen molar-refractivity contribution in [2.75, 3.05) is 0 Å². The van der Waals surface area contributed by atoms with E-state index in [1.54, 1.807) is 0 Å². The van der Waals surface area contributed by atoms with Crippen LogP contribution in [0.1, 0.15) is 33.4 Å². The number of rotatable bonds is 2. The van der Waals surface area contributed by atoms with Gasteiger partial charge in [-0.2, -0.15) is 0 Å². The third-order valence-corrected chi connectivity index (χ3v) is 4.66. The predicted molar refractivity (Wildman–Crippen MR) is 101 cm³/mol. The molecule has 2 aromatic carbocycles. The summed E-state index contributed by atoms with van der Waals surface area (Å²) in [7, 11) is 0. The third kappa shape index (κ3) is 2.63. The van der Waals surface area contributed by atoms with Gasteiger partial charge in [0.2, 0.25) is 0 Å². The molecule has 1 aliphatic rings. The Balaban J connectivity index is 2.09. The molecule has 3 rings (SSSR count). The maximum absolute atomic E-state index is 2.33. The van der Waals surface area contributed by atoms with Gasteiger partial charge in [0.05, 0.1) is 0 Å². The number of benzene rings is 2. The first-order valence-corrected chi connectivity index (χ1v) is 8.01. The fraction of sp³-hybridized carbons (Fsp3) is 0.250. The Morgan fingerprint density at radius 1 is 0.773 bits per heavy atom. The van der Waals surface area contributed by atoms with Gasteiger partial charge in [-0.15, -0.1) is 0 Å². The first kappa shape index (κ1) is 15.1. The summed E-state index contributed by atoms with van der Waals surface area (Å²) in [6.07, 6.45) is 0. The van der Waals surface area contributed by atoms with Gasteiger partial charge in [-0.05, 0) is 0 Å². The molecule has 0 amide bonds. The van der Waals surface area contributed by atoms with Crippen LogP contribution in [0.4, 0.5) is 0 Å². The monoisotopic (exact) mass is 284 g/mol. The van der Waals surface area contributed by atoms with Crippen molar-refractivity contribution in [2.24, 2.45) is 0 Å². The zero-order chi connectivity index (χ0) is 15.9. The summed E-state index contributed by atoms with van der Waals surface area (Å²) in [6, 6.07) is 11.4. The van der Waals surface area contributed by atoms with Crippen LogP contribution in [0.5, 0.6) is 0 Å². The van der Waals surface area contributed by atoms with Crippen molar-refractivity contribution in [1.82, 2.24) is 0 Å². The second kappa shape index (κ2) is 5.76. The first-order chi connectivity index (χ1) is 10.5. The topological polar surface area (TPSA) is 0 Å². The molecule has 1 heterocycles. The Kier molecular flexibility index (Phi) is 3.95. The van der Waals surface area contributed by atoms with Gasteiger partial charge >= 0.3 is 135 Å². The van der Waals surface area contributed by atoms with Crippen molar-refractivity contribution in [1.29, 1.82) is 0 Å². The van der Waals surface area contributed by atoms with Crippen LogP contribution in [-0.4, -0.2) is 19.0 Å². The molecule has 0 radical (unpaired) electrons. The van der Waals surface area contributed by atoms with Gasteiger partial charge in [0.25, 0.3) is 0 Å². The Hall–Kier alpha value is -1.82. The van der Waals surface area contributed by atoms with E-state index in [1.165, 1.54) is 44.2 Å². The van der Waals surface area contributed by atoms with Crippen LogP contribution in [0.2, 0.25) is 0 Å². The summed E-state index contributed by atoms with van der Waals surface area (Å²) in [6.45, 7) is 13.7. The van der Waals surface area contributed by atoms with Crippen LogP contribution in [-0.2, 0) is 0 Å². The van der Waals surface area contributed by atoms with Gasteiger partial charge in [-0.1, -0.05) is 0 Å². The van der Waals surface area contributed by atoms with Gasteiger partial charge < -0.3 is 0 Å². The molecule has 2 heteroatoms. The molecule has 0 nitrogen and oxygen atoms in total. The third-order valence-electron chi connectivity index (χ3n) is 4.66. The summed E-state index contributed by atoms with van der Waals surface area (Å²) in [5.41, 5.74) is 9.66. The van der Waals surface area contributed by atoms with E-state index in [9.17, 15) is 0 Å². The molecule has 0 atom stereocenters. The van der Waals surface area contributed by atoms with Crippen molar-refractivity contribution in [3.8, 4) is 0 Å². The number of hydrogen-bond acceptors (Lipinski definition) is 0. The van der Waals surface area contributed by atoms with E-state index in [2.05, 4.69) is 83.8 Å². The second-order valence-electron chi connectivity index (χ2n) is 6.62. The van der Waals surface area contributed by atoms with E-state index in [1.807, 2.05) is 0 Å². The Morgan fingerprint density at radius 3 is 2.05 bits per heavy atom. The molecule has 0 spiro atoms. The number of hydrogen-bond donors (Lipinski definition) is 0. The van der Waals surface area contributed by atoms with Gasteiger partial charge in [0.1, 0.15) is 0 Å². The summed E-state index contributed by atoms with van der Waals surface area (Å²) in [4.78, 5) is 0. The van der Waals surface area contributed by atoms with Gasteiger partial charge in [-0.25, -0.2) is 0 Å². The zero-order valence-electron chi connectivity index (χ0n) is 14.2. The molecule has 0 aliphatic carbocycles. The van der Waals surface area contributed by atoms with E-state index >= 15 is 0 Å². The summed E-state index contributed by atoms with van der Waals surface area (Å²) < 4.78 is 0. The molecule has 0 saturated heterocycles. The minimum atomic E-state index is 0.377. The summed E-state index contributed by atoms with van der Waals surface area (Å²) >= 11 is 0. The second-order valence-corrected chi connectivity index (χ2v) is 6.62. The molecule has 0 N–H and O–H groups in total. The van der Waals surface area contributed by atoms with E-state index in [0.29, 0.717) is 6.71 Å². The fourth-order valence-corrected chi connectivity index (χ4v) is 3.81. The van der Waals surface area contributed by atoms with Gasteiger partial charge in [-0.3, -0.25) is 0 Å². The van der Waals surface area contributed by atoms with E-state index in [-0.39, 0.29) is 0 Å². The summed E-state index contributed by atoms with van der Waals surface area (Å²) in [5, 5.41) is 1.42. The first-order valence-electron chi connectivity index (χ1n) is 8.01. The standard InChI is InChI=1S/C20H22B2/c1-13-6-7-18(15(3)10-13)20-21-8-9-22(20)19-16(4)11-14(2)12-17(19)5/h6-12H,1-5H3. The molecule has 0 aromatic heterocycles. The van der Waals surface area contributed by atoms with E-state index < -0.39 is 0 Å². The molecule has 0 unspecified atom stereocenters. The average molecular weight is 284 g/mol. The van der Waals surface area contributed by atoms with Crippen LogP contribution in [0.3, 0.4) is 0 Å². The van der Waals surface area contributed by atoms with Crippen molar-refractivity contribution in [2.45, 2.75) is 34.6 Å². The quantitative estimate of drug-likeness (QED) is 0.741. The molecule has 108 valence electrons. The normalized spacial score (nSPS) is 13.3. The Labute approximate surface area is 135 Å². The van der Waals surface area contributed by atoms with E-state index in [4.69, 9.17) is 0 Å². The SMILES string of the molecule is Cc1ccc(C2=BC=CB2c2c(C)cc(C)cc2C)c(C)c1. The van der Waals surface area contributed by atoms with Gasteiger partial charge in [0.15, 0.2) is 0 Å². The maximum atomic E-state index is 2.33. The molecule has 0 fully saturated rings. The molecular formula is C20H22B2. The van der Waals surface area contributed by atoms with E-state index in [0.717, 1.165) is 0 Å². The predicted octanol–water partition coefficient (Wildman–Crippen LogP) is 3.46. The summed E-state index contributed by atoms with van der Waals surface area (Å²) in [5.74, 6) is 4.54. The molecule has 0 saturated carbocycles. The van der Waals surface area contributed by atoms with Crippen molar-refractivity contribution in [3.63, 3.8) is 0 Å². The molecule has 0 bridgehead atoms. The molecular weight excluding hydrogens is 262 g/mol. The molecule has 22 heavy (non-hydrogen) atoms. The molecule has 1 aliphatic heterocycles. The van der Waals surface area contributed by atoms with Crippen LogP contribution < -0.4 is 5.46 Å². The molecule has 2 aromatic rings. The fourth-order valence-electron chi connectivity index (χ4n) is 3.81. The number of aryl methyl sites for hydroxylation is 5. The Bertz CT molecular complexity index is 774. The van der Waals surface area contributed by atoms with Crippen LogP contribution >= 0.6 is 0 Å². The van der Waals surface area contributed by atoms with Crippen molar-refractivity contribution < 1.29 is 0 Å². The van der Waals surface area contributed by atoms with Crippen molar-refractivity contribution in [3.05, 3.63) is 75.7 Å². The van der Waals surface area contributed by atoms with Crippen LogP contribution in [0.15, 0.2) is 42.3 Å². The van der Waals surface area contributed by atoms with Crippen molar-refractivity contribution >= 4 is 24.5 Å².